The van der Waals surface area contributed by atoms with Gasteiger partial charge >= 0.3 is 0 Å². The highest BCUT2D eigenvalue weighted by Gasteiger charge is 2.31. The Kier molecular flexibility index (Phi) is 16.3. The van der Waals surface area contributed by atoms with E-state index in [-0.39, 0.29) is 44.1 Å². The molecule has 0 saturated heterocycles. The van der Waals surface area contributed by atoms with Gasteiger partial charge in [0.15, 0.2) is 0 Å². The highest BCUT2D eigenvalue weighted by Crippen LogP contribution is 2.08. The van der Waals surface area contributed by atoms with E-state index in [4.69, 9.17) is 11.5 Å². The summed E-state index contributed by atoms with van der Waals surface area (Å²) in [6, 6.07) is 3.62. The molecule has 0 spiro atoms. The highest BCUT2D eigenvalue weighted by molar-refractivity contribution is 5.96. The lowest BCUT2D eigenvalue weighted by molar-refractivity contribution is -0.135. The van der Waals surface area contributed by atoms with Gasteiger partial charge in [0.2, 0.25) is 35.4 Å². The van der Waals surface area contributed by atoms with Crippen LogP contribution in [0.3, 0.4) is 0 Å². The molecule has 44 heavy (non-hydrogen) atoms. The first-order valence-corrected chi connectivity index (χ1v) is 14.7. The minimum Gasteiger partial charge on any atom is -0.370 e. The summed E-state index contributed by atoms with van der Waals surface area (Å²) >= 11 is 0. The molecule has 14 nitrogen and oxygen atoms in total. The molecule has 6 amide bonds. The minimum atomic E-state index is -1.27. The van der Waals surface area contributed by atoms with E-state index in [9.17, 15) is 33.6 Å². The lowest BCUT2D eigenvalue weighted by atomic mass is 10.0. The maximum atomic E-state index is 13.3. The second-order valence-electron chi connectivity index (χ2n) is 11.4. The summed E-state index contributed by atoms with van der Waals surface area (Å²) in [4.78, 5) is 87.0. The number of hydrogen-bond acceptors (Lipinski definition) is 8. The zero-order valence-electron chi connectivity index (χ0n) is 26.1. The van der Waals surface area contributed by atoms with E-state index >= 15 is 0 Å². The number of aldehydes is 1. The number of rotatable bonds is 19. The number of nitrogens with one attached hydrogen (secondary N) is 5. The SMILES string of the molecule is CC(C)C[C@H](NC(=O)[C@H](CCC(N)=O)NC(=O)[C@H](C)NC(=O)[C@H](Cc1ccccc1)NC(=O)[C@@H](N)C(C)C)C(=O)NCC=O. The molecule has 0 aliphatic heterocycles. The van der Waals surface area contributed by atoms with Crippen molar-refractivity contribution in [1.29, 1.82) is 0 Å². The summed E-state index contributed by atoms with van der Waals surface area (Å²) in [5.74, 6) is -4.15. The van der Waals surface area contributed by atoms with E-state index in [2.05, 4.69) is 26.6 Å². The zero-order valence-corrected chi connectivity index (χ0v) is 26.1. The molecular formula is C30H47N7O7. The quantitative estimate of drug-likeness (QED) is 0.0930. The predicted octanol–water partition coefficient (Wildman–Crippen LogP) is -1.20. The van der Waals surface area contributed by atoms with Crippen molar-refractivity contribution in [2.24, 2.45) is 23.3 Å². The Morgan fingerprint density at radius 2 is 1.32 bits per heavy atom. The van der Waals surface area contributed by atoms with Gasteiger partial charge in [-0.05, 0) is 37.2 Å². The third-order valence-electron chi connectivity index (χ3n) is 6.70. The van der Waals surface area contributed by atoms with Crippen LogP contribution >= 0.6 is 0 Å². The van der Waals surface area contributed by atoms with Crippen LogP contribution in [0.2, 0.25) is 0 Å². The monoisotopic (exact) mass is 617 g/mol. The Hall–Kier alpha value is -4.33. The molecule has 244 valence electrons. The fraction of sp³-hybridized carbons (Fsp3) is 0.567. The minimum absolute atomic E-state index is 0.00409. The van der Waals surface area contributed by atoms with Crippen LogP contribution in [-0.4, -0.2) is 78.5 Å². The van der Waals surface area contributed by atoms with E-state index in [0.717, 1.165) is 5.56 Å². The second kappa shape index (κ2) is 19.1. The lowest BCUT2D eigenvalue weighted by Crippen LogP contribution is -2.59. The highest BCUT2D eigenvalue weighted by atomic mass is 16.2. The average Bonchev–Trinajstić information content (AvgIpc) is 2.96. The van der Waals surface area contributed by atoms with Crippen LogP contribution in [0.15, 0.2) is 30.3 Å². The molecule has 0 fully saturated rings. The summed E-state index contributed by atoms with van der Waals surface area (Å²) in [6.07, 6.45) is 0.468. The molecule has 1 aromatic rings. The van der Waals surface area contributed by atoms with E-state index in [1.807, 2.05) is 19.9 Å². The van der Waals surface area contributed by atoms with E-state index < -0.39 is 65.7 Å². The van der Waals surface area contributed by atoms with Crippen molar-refractivity contribution in [3.8, 4) is 0 Å². The first-order chi connectivity index (χ1) is 20.7. The van der Waals surface area contributed by atoms with Crippen molar-refractivity contribution >= 4 is 41.7 Å². The first-order valence-electron chi connectivity index (χ1n) is 14.7. The van der Waals surface area contributed by atoms with Gasteiger partial charge in [-0.2, -0.15) is 0 Å². The molecule has 0 unspecified atom stereocenters. The Labute approximate surface area is 258 Å². The molecule has 1 aromatic carbocycles. The first kappa shape index (κ1) is 37.7. The van der Waals surface area contributed by atoms with Gasteiger partial charge in [0, 0.05) is 12.8 Å². The van der Waals surface area contributed by atoms with Gasteiger partial charge < -0.3 is 42.8 Å². The number of benzene rings is 1. The molecular weight excluding hydrogens is 570 g/mol. The van der Waals surface area contributed by atoms with Crippen molar-refractivity contribution in [2.75, 3.05) is 6.54 Å². The van der Waals surface area contributed by atoms with Crippen molar-refractivity contribution in [2.45, 2.75) is 90.5 Å². The largest absolute Gasteiger partial charge is 0.370 e. The van der Waals surface area contributed by atoms with Gasteiger partial charge in [-0.3, -0.25) is 28.8 Å². The van der Waals surface area contributed by atoms with Crippen molar-refractivity contribution in [3.05, 3.63) is 35.9 Å². The number of hydrogen-bond donors (Lipinski definition) is 7. The van der Waals surface area contributed by atoms with Gasteiger partial charge in [-0.25, -0.2) is 0 Å². The maximum Gasteiger partial charge on any atom is 0.243 e. The summed E-state index contributed by atoms with van der Waals surface area (Å²) in [5.41, 5.74) is 12.0. The Bertz CT molecular complexity index is 1140. The zero-order chi connectivity index (χ0) is 33.4. The van der Waals surface area contributed by atoms with Gasteiger partial charge in [0.25, 0.3) is 0 Å². The van der Waals surface area contributed by atoms with Gasteiger partial charge in [0.05, 0.1) is 12.6 Å². The standard InChI is InChI=1S/C30H47N7O7/c1-17(2)15-22(27(41)33-13-14-38)36-28(42)21(11-12-24(31)39)35-26(40)19(5)34-29(43)23(16-20-9-7-6-8-10-20)37-30(44)25(32)18(3)4/h6-10,14,17-19,21-23,25H,11-13,15-16,32H2,1-5H3,(H2,31,39)(H,33,41)(H,34,43)(H,35,40)(H,36,42)(H,37,44)/t19-,21-,22-,23-,25-/m0/s1. The fourth-order valence-electron chi connectivity index (χ4n) is 4.10. The topological polar surface area (TPSA) is 232 Å². The Morgan fingerprint density at radius 1 is 0.750 bits per heavy atom. The number of carbonyl (C=O) groups is 7. The molecule has 0 aliphatic carbocycles. The Morgan fingerprint density at radius 3 is 1.86 bits per heavy atom. The molecule has 0 radical (unpaired) electrons. The molecule has 0 heterocycles. The lowest BCUT2D eigenvalue weighted by Gasteiger charge is -2.26. The smallest absolute Gasteiger partial charge is 0.243 e. The van der Waals surface area contributed by atoms with Crippen molar-refractivity contribution in [1.82, 2.24) is 26.6 Å². The van der Waals surface area contributed by atoms with Crippen LogP contribution in [0.1, 0.15) is 59.4 Å². The number of carbonyl (C=O) groups excluding carboxylic acids is 7. The van der Waals surface area contributed by atoms with Gasteiger partial charge in [-0.1, -0.05) is 58.0 Å². The van der Waals surface area contributed by atoms with Crippen LogP contribution in [0.5, 0.6) is 0 Å². The average molecular weight is 618 g/mol. The summed E-state index contributed by atoms with van der Waals surface area (Å²) in [5, 5.41) is 12.7. The van der Waals surface area contributed by atoms with E-state index in [0.29, 0.717) is 6.29 Å². The second-order valence-corrected chi connectivity index (χ2v) is 11.4. The molecule has 1 rings (SSSR count). The van der Waals surface area contributed by atoms with Crippen LogP contribution in [0.25, 0.3) is 0 Å². The maximum absolute atomic E-state index is 13.3. The molecule has 14 heteroatoms. The normalized spacial score (nSPS) is 14.4. The third-order valence-corrected chi connectivity index (χ3v) is 6.70. The number of nitrogens with two attached hydrogens (primary N) is 2. The van der Waals surface area contributed by atoms with Gasteiger partial charge in [0.1, 0.15) is 30.5 Å². The van der Waals surface area contributed by atoms with Crippen molar-refractivity contribution in [3.63, 3.8) is 0 Å². The van der Waals surface area contributed by atoms with Crippen LogP contribution in [-0.2, 0) is 40.0 Å². The fourth-order valence-corrected chi connectivity index (χ4v) is 4.10. The number of amides is 6. The molecule has 9 N–H and O–H groups in total. The van der Waals surface area contributed by atoms with E-state index in [1.165, 1.54) is 6.92 Å². The molecule has 5 atom stereocenters. The summed E-state index contributed by atoms with van der Waals surface area (Å²) < 4.78 is 0. The molecule has 0 aromatic heterocycles. The van der Waals surface area contributed by atoms with Crippen LogP contribution in [0.4, 0.5) is 0 Å². The Balaban J connectivity index is 3.07. The third kappa shape index (κ3) is 13.8. The van der Waals surface area contributed by atoms with E-state index in [1.54, 1.807) is 38.1 Å². The van der Waals surface area contributed by atoms with Crippen LogP contribution in [0, 0.1) is 11.8 Å². The van der Waals surface area contributed by atoms with Crippen molar-refractivity contribution < 1.29 is 33.6 Å². The predicted molar refractivity (Wildman–Crippen MR) is 163 cm³/mol. The summed E-state index contributed by atoms with van der Waals surface area (Å²) in [7, 11) is 0. The molecule has 0 saturated carbocycles. The molecule has 0 bridgehead atoms. The van der Waals surface area contributed by atoms with Crippen LogP contribution < -0.4 is 38.1 Å². The summed E-state index contributed by atoms with van der Waals surface area (Å²) in [6.45, 7) is 8.38. The number of primary amides is 1. The molecule has 0 aliphatic rings. The van der Waals surface area contributed by atoms with Gasteiger partial charge in [-0.15, -0.1) is 0 Å².